The molecule has 3 N–H and O–H groups in total. The maximum absolute atomic E-state index is 10.0. The van der Waals surface area contributed by atoms with Crippen LogP contribution in [-0.4, -0.2) is 42.9 Å². The largest absolute Gasteiger partial charge is 0.399 e. The molecule has 0 bridgehead atoms. The lowest BCUT2D eigenvalue weighted by Crippen LogP contribution is -2.37. The fourth-order valence-electron chi connectivity index (χ4n) is 2.01. The molecule has 94 valence electrons. The SMILES string of the molecule is Nc1ccc(C(O)CCN2CCOCC2)cc1. The summed E-state index contributed by atoms with van der Waals surface area (Å²) in [4.78, 5) is 2.32. The fraction of sp³-hybridized carbons (Fsp3) is 0.538. The van der Waals surface area contributed by atoms with Gasteiger partial charge in [0.1, 0.15) is 0 Å². The van der Waals surface area contributed by atoms with Crippen molar-refractivity contribution in [2.45, 2.75) is 12.5 Å². The molecule has 1 aliphatic heterocycles. The van der Waals surface area contributed by atoms with Gasteiger partial charge < -0.3 is 15.6 Å². The summed E-state index contributed by atoms with van der Waals surface area (Å²) in [5.41, 5.74) is 7.28. The fourth-order valence-corrected chi connectivity index (χ4v) is 2.01. The number of anilines is 1. The van der Waals surface area contributed by atoms with Crippen LogP contribution in [0.15, 0.2) is 24.3 Å². The van der Waals surface area contributed by atoms with Crippen molar-refractivity contribution in [3.8, 4) is 0 Å². The second-order valence-electron chi connectivity index (χ2n) is 4.43. The van der Waals surface area contributed by atoms with E-state index in [-0.39, 0.29) is 0 Å². The van der Waals surface area contributed by atoms with E-state index in [1.54, 1.807) is 0 Å². The lowest BCUT2D eigenvalue weighted by atomic mass is 10.1. The third kappa shape index (κ3) is 3.70. The lowest BCUT2D eigenvalue weighted by Gasteiger charge is -2.27. The van der Waals surface area contributed by atoms with Gasteiger partial charge in [-0.3, -0.25) is 4.90 Å². The van der Waals surface area contributed by atoms with E-state index in [1.165, 1.54) is 0 Å². The summed E-state index contributed by atoms with van der Waals surface area (Å²) >= 11 is 0. The summed E-state index contributed by atoms with van der Waals surface area (Å²) < 4.78 is 5.29. The second-order valence-corrected chi connectivity index (χ2v) is 4.43. The molecule has 0 radical (unpaired) electrons. The zero-order chi connectivity index (χ0) is 12.1. The van der Waals surface area contributed by atoms with Gasteiger partial charge in [-0.2, -0.15) is 0 Å². The van der Waals surface area contributed by atoms with E-state index in [4.69, 9.17) is 10.5 Å². The molecule has 1 saturated heterocycles. The normalized spacial score (nSPS) is 19.1. The van der Waals surface area contributed by atoms with Crippen molar-refractivity contribution in [2.75, 3.05) is 38.6 Å². The molecular formula is C13H20N2O2. The summed E-state index contributed by atoms with van der Waals surface area (Å²) in [6.07, 6.45) is 0.350. The quantitative estimate of drug-likeness (QED) is 0.766. The smallest absolute Gasteiger partial charge is 0.0802 e. The Morgan fingerprint density at radius 1 is 1.24 bits per heavy atom. The second kappa shape index (κ2) is 6.00. The molecule has 4 heteroatoms. The first-order valence-corrected chi connectivity index (χ1v) is 6.09. The molecule has 1 aromatic rings. The van der Waals surface area contributed by atoms with Crippen molar-refractivity contribution in [1.82, 2.24) is 4.90 Å². The zero-order valence-electron chi connectivity index (χ0n) is 10.0. The average Bonchev–Trinajstić information content (AvgIpc) is 2.38. The van der Waals surface area contributed by atoms with Gasteiger partial charge in [-0.1, -0.05) is 12.1 Å². The lowest BCUT2D eigenvalue weighted by molar-refractivity contribution is 0.0300. The molecule has 1 atom stereocenters. The van der Waals surface area contributed by atoms with E-state index < -0.39 is 6.10 Å². The summed E-state index contributed by atoms with van der Waals surface area (Å²) in [5, 5.41) is 10.0. The van der Waals surface area contributed by atoms with E-state index in [1.807, 2.05) is 24.3 Å². The third-order valence-corrected chi connectivity index (χ3v) is 3.14. The monoisotopic (exact) mass is 236 g/mol. The zero-order valence-corrected chi connectivity index (χ0v) is 10.0. The van der Waals surface area contributed by atoms with Crippen LogP contribution in [0.2, 0.25) is 0 Å². The maximum atomic E-state index is 10.0. The standard InChI is InChI=1S/C13H20N2O2/c14-12-3-1-11(2-4-12)13(16)5-6-15-7-9-17-10-8-15/h1-4,13,16H,5-10,14H2. The van der Waals surface area contributed by atoms with Crippen molar-refractivity contribution >= 4 is 5.69 Å². The van der Waals surface area contributed by atoms with E-state index in [0.717, 1.165) is 50.5 Å². The number of nitrogen functional groups attached to an aromatic ring is 1. The Bertz CT molecular complexity index is 334. The van der Waals surface area contributed by atoms with Gasteiger partial charge in [-0.25, -0.2) is 0 Å². The van der Waals surface area contributed by atoms with Gasteiger partial charge in [0.05, 0.1) is 19.3 Å². The van der Waals surface area contributed by atoms with Gasteiger partial charge in [0.2, 0.25) is 0 Å². The molecule has 1 aromatic carbocycles. The minimum absolute atomic E-state index is 0.404. The molecule has 1 unspecified atom stereocenters. The number of nitrogens with zero attached hydrogens (tertiary/aromatic N) is 1. The predicted octanol–water partition coefficient (Wildman–Crippen LogP) is 1.02. The number of aliphatic hydroxyl groups excluding tert-OH is 1. The van der Waals surface area contributed by atoms with Crippen LogP contribution in [0, 0.1) is 0 Å². The highest BCUT2D eigenvalue weighted by Crippen LogP contribution is 2.18. The highest BCUT2D eigenvalue weighted by atomic mass is 16.5. The predicted molar refractivity (Wildman–Crippen MR) is 67.7 cm³/mol. The number of nitrogens with two attached hydrogens (primary N) is 1. The third-order valence-electron chi connectivity index (χ3n) is 3.14. The van der Waals surface area contributed by atoms with Gasteiger partial charge in [-0.05, 0) is 24.1 Å². The van der Waals surface area contributed by atoms with Gasteiger partial charge in [0.15, 0.2) is 0 Å². The minimum atomic E-state index is -0.404. The molecule has 1 fully saturated rings. The van der Waals surface area contributed by atoms with E-state index in [2.05, 4.69) is 4.90 Å². The summed E-state index contributed by atoms with van der Waals surface area (Å²) in [6.45, 7) is 4.45. The summed E-state index contributed by atoms with van der Waals surface area (Å²) in [6, 6.07) is 7.43. The molecule has 2 rings (SSSR count). The van der Waals surface area contributed by atoms with E-state index in [9.17, 15) is 5.11 Å². The Labute approximate surface area is 102 Å². The Hall–Kier alpha value is -1.10. The molecule has 0 spiro atoms. The van der Waals surface area contributed by atoms with Crippen molar-refractivity contribution in [3.63, 3.8) is 0 Å². The molecule has 1 aliphatic rings. The molecule has 0 amide bonds. The van der Waals surface area contributed by atoms with Crippen LogP contribution in [0.3, 0.4) is 0 Å². The number of benzene rings is 1. The minimum Gasteiger partial charge on any atom is -0.399 e. The van der Waals surface area contributed by atoms with Gasteiger partial charge >= 0.3 is 0 Å². The number of aliphatic hydroxyl groups is 1. The number of hydrogen-bond donors (Lipinski definition) is 2. The molecule has 4 nitrogen and oxygen atoms in total. The first-order valence-electron chi connectivity index (χ1n) is 6.09. The van der Waals surface area contributed by atoms with Crippen LogP contribution < -0.4 is 5.73 Å². The molecule has 0 aromatic heterocycles. The molecule has 17 heavy (non-hydrogen) atoms. The highest BCUT2D eigenvalue weighted by Gasteiger charge is 2.13. The number of hydrogen-bond acceptors (Lipinski definition) is 4. The molecule has 1 heterocycles. The van der Waals surface area contributed by atoms with Crippen molar-refractivity contribution in [2.24, 2.45) is 0 Å². The number of morpholine rings is 1. The van der Waals surface area contributed by atoms with Crippen LogP contribution in [0.5, 0.6) is 0 Å². The Morgan fingerprint density at radius 2 is 1.88 bits per heavy atom. The molecule has 0 saturated carbocycles. The molecule has 0 aliphatic carbocycles. The van der Waals surface area contributed by atoms with Crippen molar-refractivity contribution in [3.05, 3.63) is 29.8 Å². The van der Waals surface area contributed by atoms with Gasteiger partial charge in [0.25, 0.3) is 0 Å². The number of ether oxygens (including phenoxy) is 1. The average molecular weight is 236 g/mol. The van der Waals surface area contributed by atoms with Crippen LogP contribution >= 0.6 is 0 Å². The van der Waals surface area contributed by atoms with E-state index >= 15 is 0 Å². The Balaban J connectivity index is 1.80. The Kier molecular flexibility index (Phi) is 4.36. The summed E-state index contributed by atoms with van der Waals surface area (Å²) in [7, 11) is 0. The first kappa shape index (κ1) is 12.4. The highest BCUT2D eigenvalue weighted by molar-refractivity contribution is 5.39. The van der Waals surface area contributed by atoms with Crippen LogP contribution in [0.25, 0.3) is 0 Å². The van der Waals surface area contributed by atoms with Gasteiger partial charge in [0, 0.05) is 25.3 Å². The van der Waals surface area contributed by atoms with Crippen molar-refractivity contribution in [1.29, 1.82) is 0 Å². The van der Waals surface area contributed by atoms with Crippen molar-refractivity contribution < 1.29 is 9.84 Å². The molecular weight excluding hydrogens is 216 g/mol. The number of rotatable bonds is 4. The van der Waals surface area contributed by atoms with E-state index in [0.29, 0.717) is 0 Å². The topological polar surface area (TPSA) is 58.7 Å². The first-order chi connectivity index (χ1) is 8.25. The van der Waals surface area contributed by atoms with Crippen LogP contribution in [0.4, 0.5) is 5.69 Å². The maximum Gasteiger partial charge on any atom is 0.0802 e. The summed E-state index contributed by atoms with van der Waals surface area (Å²) in [5.74, 6) is 0. The Morgan fingerprint density at radius 3 is 2.53 bits per heavy atom. The van der Waals surface area contributed by atoms with Gasteiger partial charge in [-0.15, -0.1) is 0 Å². The van der Waals surface area contributed by atoms with Crippen LogP contribution in [-0.2, 0) is 4.74 Å². The van der Waals surface area contributed by atoms with Crippen LogP contribution in [0.1, 0.15) is 18.1 Å².